The zero-order valence-electron chi connectivity index (χ0n) is 16.6. The topological polar surface area (TPSA) is 108 Å². The molecule has 1 amide bonds. The first-order valence-electron chi connectivity index (χ1n) is 8.94. The van der Waals surface area contributed by atoms with Crippen LogP contribution in [0.5, 0.6) is 0 Å². The Morgan fingerprint density at radius 3 is 2.41 bits per heavy atom. The van der Waals surface area contributed by atoms with Gasteiger partial charge in [-0.3, -0.25) is 24.3 Å². The minimum atomic E-state index is -0.479. The largest absolute Gasteiger partial charge is 0.324 e. The summed E-state index contributed by atoms with van der Waals surface area (Å²) in [5.41, 5.74) is 4.17. The molecule has 0 saturated carbocycles. The van der Waals surface area contributed by atoms with E-state index in [9.17, 15) is 14.9 Å². The lowest BCUT2D eigenvalue weighted by atomic mass is 10.2. The molecule has 0 bridgehead atoms. The molecule has 0 unspecified atom stereocenters. The summed E-state index contributed by atoms with van der Waals surface area (Å²) >= 11 is 3.52. The number of carbonyl (C=O) groups excluding carboxylic acids is 1. The van der Waals surface area contributed by atoms with E-state index in [1.165, 1.54) is 4.68 Å². The maximum Gasteiger partial charge on any atom is 0.312 e. The van der Waals surface area contributed by atoms with Crippen molar-refractivity contribution in [1.82, 2.24) is 19.6 Å². The van der Waals surface area contributed by atoms with Gasteiger partial charge in [-0.2, -0.15) is 10.2 Å². The van der Waals surface area contributed by atoms with Gasteiger partial charge in [0.05, 0.1) is 27.3 Å². The molecule has 10 heteroatoms. The van der Waals surface area contributed by atoms with E-state index in [1.54, 1.807) is 19.9 Å². The molecule has 1 aromatic carbocycles. The number of anilines is 1. The number of rotatable bonds is 6. The van der Waals surface area contributed by atoms with Crippen LogP contribution >= 0.6 is 15.9 Å². The minimum Gasteiger partial charge on any atom is -0.324 e. The van der Waals surface area contributed by atoms with Crippen molar-refractivity contribution in [2.24, 2.45) is 0 Å². The van der Waals surface area contributed by atoms with Crippen LogP contribution < -0.4 is 5.32 Å². The first-order valence-corrected chi connectivity index (χ1v) is 9.73. The number of benzene rings is 1. The summed E-state index contributed by atoms with van der Waals surface area (Å²) < 4.78 is 4.23. The van der Waals surface area contributed by atoms with Crippen LogP contribution in [0.25, 0.3) is 0 Å². The minimum absolute atomic E-state index is 0.0594. The number of halogens is 1. The molecule has 9 nitrogen and oxygen atoms in total. The van der Waals surface area contributed by atoms with Gasteiger partial charge in [0.1, 0.15) is 17.9 Å². The van der Waals surface area contributed by atoms with E-state index >= 15 is 0 Å². The van der Waals surface area contributed by atoms with Crippen LogP contribution in [0.2, 0.25) is 0 Å². The predicted molar refractivity (Wildman–Crippen MR) is 112 cm³/mol. The van der Waals surface area contributed by atoms with Gasteiger partial charge in [-0.05, 0) is 61.3 Å². The SMILES string of the molecule is Cc1nn(Cc2cccc(NC(=O)Cn3nc(C)c([N+](=O)[O-])c3C)c2)c(C)c1Br. The molecule has 29 heavy (non-hydrogen) atoms. The summed E-state index contributed by atoms with van der Waals surface area (Å²) in [5, 5.41) is 22.5. The van der Waals surface area contributed by atoms with Crippen LogP contribution in [-0.4, -0.2) is 30.4 Å². The smallest absolute Gasteiger partial charge is 0.312 e. The van der Waals surface area contributed by atoms with Gasteiger partial charge < -0.3 is 5.32 Å². The Labute approximate surface area is 176 Å². The van der Waals surface area contributed by atoms with Gasteiger partial charge in [-0.25, -0.2) is 0 Å². The van der Waals surface area contributed by atoms with Crippen molar-refractivity contribution in [3.63, 3.8) is 0 Å². The van der Waals surface area contributed by atoms with Crippen molar-refractivity contribution in [1.29, 1.82) is 0 Å². The standard InChI is InChI=1S/C19H21BrN6O3/c1-11-18(20)13(3)24(22-11)9-15-6-5-7-16(8-15)21-17(27)10-25-14(4)19(26(28)29)12(2)23-25/h5-8H,9-10H2,1-4H3,(H,21,27). The summed E-state index contributed by atoms with van der Waals surface area (Å²) in [6.45, 7) is 7.54. The molecule has 0 saturated heterocycles. The maximum absolute atomic E-state index is 12.4. The highest BCUT2D eigenvalue weighted by Crippen LogP contribution is 2.23. The molecule has 1 N–H and O–H groups in total. The fraction of sp³-hybridized carbons (Fsp3) is 0.316. The first-order chi connectivity index (χ1) is 13.7. The molecule has 0 atom stereocenters. The monoisotopic (exact) mass is 460 g/mol. The fourth-order valence-corrected chi connectivity index (χ4v) is 3.48. The average Bonchev–Trinajstić information content (AvgIpc) is 3.05. The number of aromatic nitrogens is 4. The zero-order valence-corrected chi connectivity index (χ0v) is 18.1. The lowest BCUT2D eigenvalue weighted by molar-refractivity contribution is -0.386. The summed E-state index contributed by atoms with van der Waals surface area (Å²) in [4.78, 5) is 23.1. The lowest BCUT2D eigenvalue weighted by Crippen LogP contribution is -2.20. The quantitative estimate of drug-likeness (QED) is 0.445. The third-order valence-corrected chi connectivity index (χ3v) is 5.80. The number of nitrogens with one attached hydrogen (secondary N) is 1. The van der Waals surface area contributed by atoms with Gasteiger partial charge in [-0.1, -0.05) is 12.1 Å². The maximum atomic E-state index is 12.4. The molecule has 0 aliphatic heterocycles. The van der Waals surface area contributed by atoms with Crippen molar-refractivity contribution < 1.29 is 9.72 Å². The van der Waals surface area contributed by atoms with Gasteiger partial charge >= 0.3 is 5.69 Å². The van der Waals surface area contributed by atoms with Gasteiger partial charge in [0, 0.05) is 5.69 Å². The van der Waals surface area contributed by atoms with E-state index in [0.29, 0.717) is 23.6 Å². The number of carbonyl (C=O) groups is 1. The third-order valence-electron chi connectivity index (χ3n) is 4.66. The second kappa shape index (κ2) is 8.16. The van der Waals surface area contributed by atoms with Crippen LogP contribution in [0.15, 0.2) is 28.7 Å². The molecule has 0 fully saturated rings. The highest BCUT2D eigenvalue weighted by Gasteiger charge is 2.22. The molecule has 152 valence electrons. The molecular weight excluding hydrogens is 440 g/mol. The Morgan fingerprint density at radius 2 is 1.83 bits per heavy atom. The summed E-state index contributed by atoms with van der Waals surface area (Å²) in [7, 11) is 0. The Bertz CT molecular complexity index is 1100. The van der Waals surface area contributed by atoms with Crippen molar-refractivity contribution in [3.05, 3.63) is 67.2 Å². The summed E-state index contributed by atoms with van der Waals surface area (Å²) in [5.74, 6) is -0.309. The van der Waals surface area contributed by atoms with Gasteiger partial charge in [0.15, 0.2) is 0 Å². The molecule has 0 aliphatic carbocycles. The first kappa shape index (κ1) is 20.7. The highest BCUT2D eigenvalue weighted by atomic mass is 79.9. The second-order valence-electron chi connectivity index (χ2n) is 6.83. The van der Waals surface area contributed by atoms with E-state index in [-0.39, 0.29) is 18.1 Å². The van der Waals surface area contributed by atoms with Crippen LogP contribution in [0.4, 0.5) is 11.4 Å². The normalized spacial score (nSPS) is 10.9. The van der Waals surface area contributed by atoms with Crippen molar-refractivity contribution in [3.8, 4) is 0 Å². The van der Waals surface area contributed by atoms with E-state index in [1.807, 2.05) is 36.7 Å². The van der Waals surface area contributed by atoms with E-state index in [0.717, 1.165) is 21.4 Å². The van der Waals surface area contributed by atoms with E-state index < -0.39 is 4.92 Å². The molecule has 2 heterocycles. The fourth-order valence-electron chi connectivity index (χ4n) is 3.19. The van der Waals surface area contributed by atoms with Crippen LogP contribution in [-0.2, 0) is 17.9 Å². The second-order valence-corrected chi connectivity index (χ2v) is 7.62. The van der Waals surface area contributed by atoms with Crippen molar-refractivity contribution >= 4 is 33.2 Å². The Balaban J connectivity index is 1.72. The highest BCUT2D eigenvalue weighted by molar-refractivity contribution is 9.10. The molecule has 3 aromatic rings. The Kier molecular flexibility index (Phi) is 5.83. The van der Waals surface area contributed by atoms with Crippen molar-refractivity contribution in [2.75, 3.05) is 5.32 Å². The molecule has 3 rings (SSSR count). The Hall–Kier alpha value is -3.01. The number of hydrogen-bond donors (Lipinski definition) is 1. The Morgan fingerprint density at radius 1 is 1.14 bits per heavy atom. The van der Waals surface area contributed by atoms with Gasteiger partial charge in [0.25, 0.3) is 0 Å². The predicted octanol–water partition coefficient (Wildman–Crippen LogP) is 3.67. The third kappa shape index (κ3) is 4.37. The lowest BCUT2D eigenvalue weighted by Gasteiger charge is -2.09. The summed E-state index contributed by atoms with van der Waals surface area (Å²) in [6, 6.07) is 7.50. The van der Waals surface area contributed by atoms with Crippen LogP contribution in [0, 0.1) is 37.8 Å². The number of amides is 1. The number of nitro groups is 1. The number of nitrogens with zero attached hydrogens (tertiary/aromatic N) is 5. The number of hydrogen-bond acceptors (Lipinski definition) is 5. The summed E-state index contributed by atoms with van der Waals surface area (Å²) in [6.07, 6.45) is 0. The van der Waals surface area contributed by atoms with E-state index in [4.69, 9.17) is 0 Å². The molecule has 0 radical (unpaired) electrons. The van der Waals surface area contributed by atoms with Crippen LogP contribution in [0.3, 0.4) is 0 Å². The average molecular weight is 461 g/mol. The molecule has 0 spiro atoms. The van der Waals surface area contributed by atoms with Gasteiger partial charge in [-0.15, -0.1) is 0 Å². The van der Waals surface area contributed by atoms with Gasteiger partial charge in [0.2, 0.25) is 5.91 Å². The van der Waals surface area contributed by atoms with Crippen molar-refractivity contribution in [2.45, 2.75) is 40.8 Å². The molecular formula is C19H21BrN6O3. The zero-order chi connectivity index (χ0) is 21.3. The van der Waals surface area contributed by atoms with E-state index in [2.05, 4.69) is 31.4 Å². The number of aryl methyl sites for hydroxylation is 2. The molecule has 0 aliphatic rings. The van der Waals surface area contributed by atoms with Crippen LogP contribution in [0.1, 0.15) is 28.3 Å². The molecule has 2 aromatic heterocycles.